The highest BCUT2D eigenvalue weighted by Crippen LogP contribution is 2.23. The van der Waals surface area contributed by atoms with Crippen molar-refractivity contribution >= 4 is 32.5 Å². The molecule has 1 aromatic heterocycles. The van der Waals surface area contributed by atoms with Crippen LogP contribution in [-0.2, 0) is 16.4 Å². The molecule has 164 valence electrons. The molecule has 0 bridgehead atoms. The molecule has 4 rings (SSSR count). The number of fused-ring (bicyclic) bond motifs is 1. The van der Waals surface area contributed by atoms with Gasteiger partial charge in [0, 0.05) is 36.3 Å². The zero-order valence-corrected chi connectivity index (χ0v) is 18.8. The molecule has 0 saturated heterocycles. The van der Waals surface area contributed by atoms with Gasteiger partial charge in [-0.25, -0.2) is 8.42 Å². The summed E-state index contributed by atoms with van der Waals surface area (Å²) in [4.78, 5) is 16.0. The van der Waals surface area contributed by atoms with E-state index in [0.717, 1.165) is 22.0 Å². The number of carbonyl (C=O) groups excluding carboxylic acids is 1. The second-order valence-electron chi connectivity index (χ2n) is 7.70. The fraction of sp³-hybridized carbons (Fsp3) is 0.160. The zero-order valence-electron chi connectivity index (χ0n) is 18.0. The zero-order chi connectivity index (χ0) is 22.7. The standard InChI is InChI=1S/C25H25N3O3S/c1-18-10-12-21(13-11-18)28(2)32(30,31)22-7-5-6-19(16-22)25(29)26-15-14-20-17-27-24-9-4-3-8-23(20)24/h3-13,16-17,27H,14-15H2,1-2H3,(H,26,29). The molecule has 2 N–H and O–H groups in total. The summed E-state index contributed by atoms with van der Waals surface area (Å²) in [6.45, 7) is 2.39. The number of carbonyl (C=O) groups is 1. The van der Waals surface area contributed by atoms with Gasteiger partial charge in [-0.3, -0.25) is 9.10 Å². The maximum Gasteiger partial charge on any atom is 0.264 e. The highest BCUT2D eigenvalue weighted by Gasteiger charge is 2.22. The fourth-order valence-electron chi connectivity index (χ4n) is 3.60. The average Bonchev–Trinajstić information content (AvgIpc) is 3.22. The Bertz CT molecular complexity index is 1360. The van der Waals surface area contributed by atoms with E-state index in [1.165, 1.54) is 23.5 Å². The lowest BCUT2D eigenvalue weighted by molar-refractivity contribution is 0.0954. The van der Waals surface area contributed by atoms with E-state index >= 15 is 0 Å². The van der Waals surface area contributed by atoms with Crippen LogP contribution in [0.4, 0.5) is 5.69 Å². The van der Waals surface area contributed by atoms with Gasteiger partial charge in [0.15, 0.2) is 0 Å². The maximum absolute atomic E-state index is 13.1. The number of aromatic nitrogens is 1. The second-order valence-corrected chi connectivity index (χ2v) is 9.67. The Morgan fingerprint density at radius 2 is 1.75 bits per heavy atom. The molecule has 7 heteroatoms. The van der Waals surface area contributed by atoms with Crippen LogP contribution in [-0.4, -0.2) is 32.9 Å². The largest absolute Gasteiger partial charge is 0.361 e. The Balaban J connectivity index is 1.45. The lowest BCUT2D eigenvalue weighted by Gasteiger charge is -2.20. The molecule has 0 fully saturated rings. The number of H-pyrrole nitrogens is 1. The van der Waals surface area contributed by atoms with Crippen LogP contribution in [0.25, 0.3) is 10.9 Å². The minimum absolute atomic E-state index is 0.0739. The first kappa shape index (κ1) is 21.6. The molecule has 0 atom stereocenters. The number of para-hydroxylation sites is 1. The van der Waals surface area contributed by atoms with E-state index in [9.17, 15) is 13.2 Å². The molecule has 0 spiro atoms. The van der Waals surface area contributed by atoms with Crippen LogP contribution >= 0.6 is 0 Å². The third kappa shape index (κ3) is 4.38. The van der Waals surface area contributed by atoms with E-state index in [4.69, 9.17) is 0 Å². The molecular formula is C25H25N3O3S. The number of hydrogen-bond acceptors (Lipinski definition) is 3. The summed E-state index contributed by atoms with van der Waals surface area (Å²) in [7, 11) is -2.28. The van der Waals surface area contributed by atoms with Gasteiger partial charge in [0.2, 0.25) is 0 Å². The van der Waals surface area contributed by atoms with E-state index in [1.54, 1.807) is 24.3 Å². The van der Waals surface area contributed by atoms with E-state index < -0.39 is 10.0 Å². The number of sulfonamides is 1. The van der Waals surface area contributed by atoms with Gasteiger partial charge in [-0.1, -0.05) is 42.0 Å². The lowest BCUT2D eigenvalue weighted by atomic mass is 10.1. The van der Waals surface area contributed by atoms with E-state index in [2.05, 4.69) is 10.3 Å². The number of aromatic amines is 1. The monoisotopic (exact) mass is 447 g/mol. The minimum atomic E-state index is -3.79. The van der Waals surface area contributed by atoms with Crippen molar-refractivity contribution in [3.05, 3.63) is 95.7 Å². The number of anilines is 1. The Labute approximate surface area is 187 Å². The van der Waals surface area contributed by atoms with Crippen LogP contribution in [0.5, 0.6) is 0 Å². The number of rotatable bonds is 7. The van der Waals surface area contributed by atoms with Crippen LogP contribution in [0.15, 0.2) is 83.9 Å². The Morgan fingerprint density at radius 1 is 1.00 bits per heavy atom. The quantitative estimate of drug-likeness (QED) is 0.444. The van der Waals surface area contributed by atoms with Crippen molar-refractivity contribution in [2.75, 3.05) is 17.9 Å². The van der Waals surface area contributed by atoms with Crippen molar-refractivity contribution in [1.82, 2.24) is 10.3 Å². The number of nitrogens with zero attached hydrogens (tertiary/aromatic N) is 1. The number of aryl methyl sites for hydroxylation is 1. The van der Waals surface area contributed by atoms with Gasteiger partial charge in [0.25, 0.3) is 15.9 Å². The van der Waals surface area contributed by atoms with Crippen molar-refractivity contribution in [3.63, 3.8) is 0 Å². The summed E-state index contributed by atoms with van der Waals surface area (Å²) in [6.07, 6.45) is 2.62. The maximum atomic E-state index is 13.1. The molecule has 0 aliphatic carbocycles. The summed E-state index contributed by atoms with van der Waals surface area (Å²) in [6, 6.07) is 21.4. The Kier molecular flexibility index (Phi) is 6.01. The Morgan fingerprint density at radius 3 is 2.53 bits per heavy atom. The number of hydrogen-bond donors (Lipinski definition) is 2. The van der Waals surface area contributed by atoms with E-state index in [-0.39, 0.29) is 10.8 Å². The lowest BCUT2D eigenvalue weighted by Crippen LogP contribution is -2.28. The van der Waals surface area contributed by atoms with Crippen LogP contribution in [0, 0.1) is 6.92 Å². The second kappa shape index (κ2) is 8.88. The molecule has 3 aromatic carbocycles. The van der Waals surface area contributed by atoms with Crippen LogP contribution in [0.2, 0.25) is 0 Å². The smallest absolute Gasteiger partial charge is 0.264 e. The molecule has 0 radical (unpaired) electrons. The highest BCUT2D eigenvalue weighted by atomic mass is 32.2. The van der Waals surface area contributed by atoms with Crippen LogP contribution in [0.1, 0.15) is 21.5 Å². The van der Waals surface area contributed by atoms with Crippen molar-refractivity contribution < 1.29 is 13.2 Å². The van der Waals surface area contributed by atoms with E-state index in [0.29, 0.717) is 24.2 Å². The molecule has 1 amide bonds. The molecule has 4 aromatic rings. The van der Waals surface area contributed by atoms with E-state index in [1.807, 2.05) is 49.5 Å². The minimum Gasteiger partial charge on any atom is -0.361 e. The summed E-state index contributed by atoms with van der Waals surface area (Å²) >= 11 is 0. The average molecular weight is 448 g/mol. The summed E-state index contributed by atoms with van der Waals surface area (Å²) in [5, 5.41) is 4.02. The van der Waals surface area contributed by atoms with Gasteiger partial charge >= 0.3 is 0 Å². The predicted molar refractivity (Wildman–Crippen MR) is 128 cm³/mol. The summed E-state index contributed by atoms with van der Waals surface area (Å²) in [5.74, 6) is -0.306. The van der Waals surface area contributed by atoms with Gasteiger partial charge in [-0.2, -0.15) is 0 Å². The van der Waals surface area contributed by atoms with Crippen LogP contribution < -0.4 is 9.62 Å². The van der Waals surface area contributed by atoms with Gasteiger partial charge in [-0.15, -0.1) is 0 Å². The number of benzene rings is 3. The summed E-state index contributed by atoms with van der Waals surface area (Å²) in [5.41, 5.74) is 4.10. The van der Waals surface area contributed by atoms with Gasteiger partial charge in [-0.05, 0) is 55.3 Å². The van der Waals surface area contributed by atoms with Gasteiger partial charge < -0.3 is 10.3 Å². The predicted octanol–water partition coefficient (Wildman–Crippen LogP) is 4.27. The van der Waals surface area contributed by atoms with Crippen LogP contribution in [0.3, 0.4) is 0 Å². The van der Waals surface area contributed by atoms with Gasteiger partial charge in [0.05, 0.1) is 10.6 Å². The molecule has 6 nitrogen and oxygen atoms in total. The third-order valence-electron chi connectivity index (χ3n) is 5.51. The van der Waals surface area contributed by atoms with Crippen molar-refractivity contribution in [3.8, 4) is 0 Å². The first-order chi connectivity index (χ1) is 15.4. The van der Waals surface area contributed by atoms with Crippen molar-refractivity contribution in [2.24, 2.45) is 0 Å². The molecule has 0 aliphatic heterocycles. The molecule has 0 saturated carbocycles. The van der Waals surface area contributed by atoms with Gasteiger partial charge in [0.1, 0.15) is 0 Å². The third-order valence-corrected chi connectivity index (χ3v) is 7.29. The first-order valence-electron chi connectivity index (χ1n) is 10.3. The SMILES string of the molecule is Cc1ccc(N(C)S(=O)(=O)c2cccc(C(=O)NCCc3c[nH]c4ccccc34)c2)cc1. The van der Waals surface area contributed by atoms with Crippen molar-refractivity contribution in [1.29, 1.82) is 0 Å². The molecular weight excluding hydrogens is 422 g/mol. The first-order valence-corrected chi connectivity index (χ1v) is 11.8. The molecule has 0 aliphatic rings. The number of nitrogens with one attached hydrogen (secondary N) is 2. The fourth-order valence-corrected chi connectivity index (χ4v) is 4.84. The number of amides is 1. The molecule has 32 heavy (non-hydrogen) atoms. The highest BCUT2D eigenvalue weighted by molar-refractivity contribution is 7.92. The summed E-state index contributed by atoms with van der Waals surface area (Å²) < 4.78 is 27.4. The molecule has 0 unspecified atom stereocenters. The normalized spacial score (nSPS) is 11.4. The topological polar surface area (TPSA) is 82.3 Å². The molecule has 1 heterocycles. The Hall–Kier alpha value is -3.58. The van der Waals surface area contributed by atoms with Crippen molar-refractivity contribution in [2.45, 2.75) is 18.2 Å².